The number of carbonyl (C=O) groups is 3. The van der Waals surface area contributed by atoms with Crippen molar-refractivity contribution in [3.05, 3.63) is 60.8 Å². The average molecular weight is 798 g/mol. The number of carboxylic acid groups (broad SMARTS) is 1. The van der Waals surface area contributed by atoms with E-state index in [1.165, 1.54) is 44.9 Å². The van der Waals surface area contributed by atoms with E-state index in [0.29, 0.717) is 32.1 Å². The van der Waals surface area contributed by atoms with Crippen LogP contribution < -0.4 is 5.73 Å². The van der Waals surface area contributed by atoms with Crippen LogP contribution in [0.5, 0.6) is 0 Å². The number of allylic oxidation sites excluding steroid dienone is 8. The average Bonchev–Trinajstić information content (AvgIpc) is 3.15. The van der Waals surface area contributed by atoms with Crippen molar-refractivity contribution in [2.24, 2.45) is 5.73 Å². The van der Waals surface area contributed by atoms with Gasteiger partial charge in [-0.05, 0) is 70.6 Å². The van der Waals surface area contributed by atoms with Gasteiger partial charge in [-0.25, -0.2) is 4.57 Å². The Morgan fingerprint density at radius 3 is 1.91 bits per heavy atom. The van der Waals surface area contributed by atoms with Crippen LogP contribution in [0.3, 0.4) is 0 Å². The maximum absolute atomic E-state index is 12.6. The van der Waals surface area contributed by atoms with Gasteiger partial charge in [0, 0.05) is 12.8 Å². The number of aliphatic carboxylic acids is 1. The Kier molecular flexibility index (Phi) is 34.8. The summed E-state index contributed by atoms with van der Waals surface area (Å²) in [5, 5.41) is 18.9. The standard InChI is InChI=1S/C42H72NO11P/c1-3-5-7-9-11-12-13-14-15-16-20-24-28-32-40(45)51-34-38(35-52-55(49,50)53-36-39(43)42(47)48)54-41(46)33-29-25-21-17-19-23-27-31-37(44)30-26-22-18-10-8-6-4-2/h12-13,17-18,21-23,26-27,30,37-39,44H,3-11,14-16,19-20,24-25,28-29,31-36,43H2,1-2H3,(H,47,48)(H,49,50)/b13-12-,21-17+,22-18-,27-23-,30-26-/t37-,38+,39-/m0/s1. The molecule has 12 nitrogen and oxygen atoms in total. The van der Waals surface area contributed by atoms with Crippen molar-refractivity contribution in [3.63, 3.8) is 0 Å². The highest BCUT2D eigenvalue weighted by atomic mass is 31.2. The molecule has 0 radical (unpaired) electrons. The second-order valence-electron chi connectivity index (χ2n) is 13.6. The molecular weight excluding hydrogens is 725 g/mol. The SMILES string of the molecule is CCCCC/C=C\C=C/[C@H](O)C/C=C\C/C=C/CCCC(=O)O[C@H](COC(=O)CCCCCCC/C=C\CCCCCC)COP(=O)(O)OC[C@H](N)C(=O)O. The lowest BCUT2D eigenvalue weighted by Gasteiger charge is -2.20. The largest absolute Gasteiger partial charge is 0.480 e. The number of hydrogen-bond acceptors (Lipinski definition) is 10. The molecule has 0 heterocycles. The molecule has 55 heavy (non-hydrogen) atoms. The van der Waals surface area contributed by atoms with E-state index < -0.39 is 63.8 Å². The highest BCUT2D eigenvalue weighted by Crippen LogP contribution is 2.43. The number of ether oxygens (including phenoxy) is 2. The molecule has 0 aromatic rings. The molecular formula is C42H72NO11P. The number of nitrogens with two attached hydrogens (primary N) is 1. The first-order valence-electron chi connectivity index (χ1n) is 20.4. The van der Waals surface area contributed by atoms with Crippen LogP contribution in [0.2, 0.25) is 0 Å². The third-order valence-corrected chi connectivity index (χ3v) is 9.27. The molecule has 0 saturated carbocycles. The van der Waals surface area contributed by atoms with E-state index in [-0.39, 0.29) is 12.8 Å². The summed E-state index contributed by atoms with van der Waals surface area (Å²) in [6, 6.07) is -1.54. The minimum absolute atomic E-state index is 0.0473. The molecule has 0 saturated heterocycles. The Balaban J connectivity index is 4.60. The van der Waals surface area contributed by atoms with Crippen molar-refractivity contribution in [2.45, 2.75) is 167 Å². The Morgan fingerprint density at radius 1 is 0.655 bits per heavy atom. The second-order valence-corrected chi connectivity index (χ2v) is 15.1. The van der Waals surface area contributed by atoms with E-state index in [4.69, 9.17) is 24.8 Å². The summed E-state index contributed by atoms with van der Waals surface area (Å²) in [5.74, 6) is -2.52. The van der Waals surface area contributed by atoms with Crippen LogP contribution in [0.4, 0.5) is 0 Å². The van der Waals surface area contributed by atoms with Crippen LogP contribution in [0.15, 0.2) is 60.8 Å². The number of hydrogen-bond donors (Lipinski definition) is 4. The fourth-order valence-corrected chi connectivity index (χ4v) is 5.79. The van der Waals surface area contributed by atoms with Crippen molar-refractivity contribution in [2.75, 3.05) is 19.8 Å². The van der Waals surface area contributed by atoms with Gasteiger partial charge >= 0.3 is 25.7 Å². The van der Waals surface area contributed by atoms with Crippen LogP contribution >= 0.6 is 7.82 Å². The summed E-state index contributed by atoms with van der Waals surface area (Å²) in [7, 11) is -4.75. The van der Waals surface area contributed by atoms with Crippen molar-refractivity contribution >= 4 is 25.7 Å². The number of phosphoric ester groups is 1. The lowest BCUT2D eigenvalue weighted by Crippen LogP contribution is -2.34. The molecule has 5 N–H and O–H groups in total. The summed E-state index contributed by atoms with van der Waals surface area (Å²) >= 11 is 0. The van der Waals surface area contributed by atoms with Gasteiger partial charge in [0.05, 0.1) is 19.3 Å². The zero-order chi connectivity index (χ0) is 40.8. The third-order valence-electron chi connectivity index (χ3n) is 8.32. The van der Waals surface area contributed by atoms with Gasteiger partial charge in [-0.3, -0.25) is 23.4 Å². The number of esters is 2. The summed E-state index contributed by atoms with van der Waals surface area (Å²) in [6.07, 6.45) is 37.5. The minimum Gasteiger partial charge on any atom is -0.480 e. The van der Waals surface area contributed by atoms with Crippen LogP contribution in [0.25, 0.3) is 0 Å². The van der Waals surface area contributed by atoms with Crippen molar-refractivity contribution in [1.29, 1.82) is 0 Å². The molecule has 0 spiro atoms. The van der Waals surface area contributed by atoms with Crippen LogP contribution in [0, 0.1) is 0 Å². The summed E-state index contributed by atoms with van der Waals surface area (Å²) in [5.41, 5.74) is 5.31. The van der Waals surface area contributed by atoms with Crippen molar-refractivity contribution in [3.8, 4) is 0 Å². The molecule has 0 fully saturated rings. The van der Waals surface area contributed by atoms with Crippen molar-refractivity contribution in [1.82, 2.24) is 0 Å². The number of aliphatic hydroxyl groups excluding tert-OH is 1. The molecule has 0 rings (SSSR count). The van der Waals surface area contributed by atoms with Crippen LogP contribution in [0.1, 0.15) is 149 Å². The highest BCUT2D eigenvalue weighted by Gasteiger charge is 2.28. The number of rotatable bonds is 37. The fourth-order valence-electron chi connectivity index (χ4n) is 5.01. The van der Waals surface area contributed by atoms with Gasteiger partial charge in [-0.2, -0.15) is 0 Å². The van der Waals surface area contributed by atoms with E-state index in [9.17, 15) is 28.9 Å². The Labute approximate surface area is 330 Å². The second kappa shape index (κ2) is 36.8. The monoisotopic (exact) mass is 797 g/mol. The number of aliphatic hydroxyl groups is 1. The molecule has 1 unspecified atom stereocenters. The third kappa shape index (κ3) is 36.5. The predicted molar refractivity (Wildman–Crippen MR) is 218 cm³/mol. The van der Waals surface area contributed by atoms with Gasteiger partial charge in [-0.15, -0.1) is 0 Å². The maximum atomic E-state index is 12.6. The van der Waals surface area contributed by atoms with Gasteiger partial charge < -0.3 is 30.3 Å². The minimum atomic E-state index is -4.75. The number of phosphoric acid groups is 1. The van der Waals surface area contributed by atoms with E-state index in [0.717, 1.165) is 44.9 Å². The van der Waals surface area contributed by atoms with E-state index in [1.807, 2.05) is 36.5 Å². The van der Waals surface area contributed by atoms with E-state index >= 15 is 0 Å². The lowest BCUT2D eigenvalue weighted by atomic mass is 10.1. The highest BCUT2D eigenvalue weighted by molar-refractivity contribution is 7.47. The normalized spacial score (nSPS) is 15.0. The number of carbonyl (C=O) groups excluding carboxylic acids is 2. The molecule has 316 valence electrons. The van der Waals surface area contributed by atoms with E-state index in [1.54, 1.807) is 6.08 Å². The smallest absolute Gasteiger partial charge is 0.472 e. The first-order chi connectivity index (χ1) is 26.5. The summed E-state index contributed by atoms with van der Waals surface area (Å²) < 4.78 is 32.5. The Hall–Kier alpha value is -2.86. The zero-order valence-corrected chi connectivity index (χ0v) is 34.5. The Bertz CT molecular complexity index is 1180. The number of unbranched alkanes of at least 4 members (excludes halogenated alkanes) is 13. The van der Waals surface area contributed by atoms with Gasteiger partial charge in [0.15, 0.2) is 6.10 Å². The van der Waals surface area contributed by atoms with E-state index in [2.05, 4.69) is 36.6 Å². The molecule has 0 amide bonds. The molecule has 0 aromatic heterocycles. The number of carboxylic acids is 1. The lowest BCUT2D eigenvalue weighted by molar-refractivity contribution is -0.161. The molecule has 0 aliphatic carbocycles. The van der Waals surface area contributed by atoms with Gasteiger partial charge in [-0.1, -0.05) is 126 Å². The first kappa shape index (κ1) is 52.1. The first-order valence-corrected chi connectivity index (χ1v) is 21.9. The molecule has 0 aliphatic rings. The summed E-state index contributed by atoms with van der Waals surface area (Å²) in [6.45, 7) is 2.58. The van der Waals surface area contributed by atoms with Gasteiger partial charge in [0.25, 0.3) is 0 Å². The Morgan fingerprint density at radius 2 is 1.20 bits per heavy atom. The zero-order valence-electron chi connectivity index (χ0n) is 33.6. The molecule has 0 aliphatic heterocycles. The quantitative estimate of drug-likeness (QED) is 0.0153. The summed E-state index contributed by atoms with van der Waals surface area (Å²) in [4.78, 5) is 45.8. The molecule has 0 bridgehead atoms. The fraction of sp³-hybridized carbons (Fsp3) is 0.690. The topological polar surface area (TPSA) is 192 Å². The maximum Gasteiger partial charge on any atom is 0.472 e. The molecule has 13 heteroatoms. The molecule has 4 atom stereocenters. The van der Waals surface area contributed by atoms with Crippen LogP contribution in [-0.2, 0) is 37.5 Å². The van der Waals surface area contributed by atoms with Gasteiger partial charge in [0.2, 0.25) is 0 Å². The molecule has 0 aromatic carbocycles. The predicted octanol–water partition coefficient (Wildman–Crippen LogP) is 9.36. The van der Waals surface area contributed by atoms with Crippen molar-refractivity contribution < 1.29 is 52.6 Å². The van der Waals surface area contributed by atoms with Crippen LogP contribution in [-0.4, -0.2) is 71.1 Å². The van der Waals surface area contributed by atoms with Gasteiger partial charge in [0.1, 0.15) is 12.6 Å².